The van der Waals surface area contributed by atoms with Crippen molar-refractivity contribution in [3.8, 4) is 17.1 Å². The Balaban J connectivity index is 1.37. The van der Waals surface area contributed by atoms with Crippen LogP contribution in [0.4, 0.5) is 4.39 Å². The molecular weight excluding hydrogens is 447 g/mol. The minimum absolute atomic E-state index is 0.0435. The molecule has 1 aromatic heterocycles. The van der Waals surface area contributed by atoms with E-state index in [9.17, 15) is 9.18 Å². The predicted molar refractivity (Wildman–Crippen MR) is 131 cm³/mol. The van der Waals surface area contributed by atoms with Gasteiger partial charge in [-0.1, -0.05) is 31.1 Å². The van der Waals surface area contributed by atoms with Gasteiger partial charge in [0.15, 0.2) is 0 Å². The molecule has 4 rings (SSSR count). The maximum absolute atomic E-state index is 13.3. The van der Waals surface area contributed by atoms with E-state index < -0.39 is 0 Å². The lowest BCUT2D eigenvalue weighted by Crippen LogP contribution is -2.43. The molecule has 3 aromatic rings. The van der Waals surface area contributed by atoms with Crippen LogP contribution in [0.3, 0.4) is 0 Å². The summed E-state index contributed by atoms with van der Waals surface area (Å²) in [6.45, 7) is 6.31. The highest BCUT2D eigenvalue weighted by Crippen LogP contribution is 2.26. The molecule has 1 fully saturated rings. The van der Waals surface area contributed by atoms with Gasteiger partial charge in [-0.15, -0.1) is 0 Å². The molecule has 1 N–H and O–H groups in total. The van der Waals surface area contributed by atoms with Crippen LogP contribution in [0.15, 0.2) is 53.1 Å². The molecule has 0 aliphatic carbocycles. The van der Waals surface area contributed by atoms with E-state index in [1.165, 1.54) is 12.1 Å². The van der Waals surface area contributed by atoms with Crippen LogP contribution < -0.4 is 10.1 Å². The van der Waals surface area contributed by atoms with Crippen molar-refractivity contribution in [1.29, 1.82) is 0 Å². The van der Waals surface area contributed by atoms with Crippen LogP contribution in [-0.2, 0) is 11.3 Å². The number of carbonyl (C=O) groups is 1. The van der Waals surface area contributed by atoms with Crippen molar-refractivity contribution in [2.45, 2.75) is 45.7 Å². The third-order valence-electron chi connectivity index (χ3n) is 6.35. The highest BCUT2D eigenvalue weighted by atomic mass is 19.1. The fourth-order valence-corrected chi connectivity index (χ4v) is 4.52. The second kappa shape index (κ2) is 11.4. The summed E-state index contributed by atoms with van der Waals surface area (Å²) < 4.78 is 23.9. The standard InChI is InChI=1S/C27H33FN4O3/c1-18(2)15-24(19-8-12-23(34-3)13-9-19)29-27(33)21-5-4-14-32(16-21)17-25-30-26(31-35-25)20-6-10-22(28)11-7-20/h6-13,18,21,24H,4-5,14-17H2,1-3H3,(H,29,33). The van der Waals surface area contributed by atoms with E-state index in [0.717, 1.165) is 37.1 Å². The van der Waals surface area contributed by atoms with Crippen LogP contribution in [0.25, 0.3) is 11.4 Å². The molecule has 1 aliphatic rings. The van der Waals surface area contributed by atoms with Gasteiger partial charge >= 0.3 is 0 Å². The number of piperidine rings is 1. The normalized spacial score (nSPS) is 17.3. The number of hydrogen-bond donors (Lipinski definition) is 1. The summed E-state index contributed by atoms with van der Waals surface area (Å²) in [7, 11) is 1.65. The zero-order valence-corrected chi connectivity index (χ0v) is 20.5. The molecule has 2 heterocycles. The fraction of sp³-hybridized carbons (Fsp3) is 0.444. The Labute approximate surface area is 205 Å². The molecule has 2 unspecified atom stereocenters. The second-order valence-corrected chi connectivity index (χ2v) is 9.56. The van der Waals surface area contributed by atoms with Gasteiger partial charge in [0.2, 0.25) is 17.6 Å². The highest BCUT2D eigenvalue weighted by molar-refractivity contribution is 5.79. The van der Waals surface area contributed by atoms with Crippen LogP contribution >= 0.6 is 0 Å². The number of halogens is 1. The Morgan fingerprint density at radius 1 is 1.20 bits per heavy atom. The zero-order chi connectivity index (χ0) is 24.8. The van der Waals surface area contributed by atoms with Crippen LogP contribution in [0.2, 0.25) is 0 Å². The Hall–Kier alpha value is -3.26. The van der Waals surface area contributed by atoms with E-state index in [1.54, 1.807) is 19.2 Å². The minimum Gasteiger partial charge on any atom is -0.497 e. The Bertz CT molecular complexity index is 1100. The predicted octanol–water partition coefficient (Wildman–Crippen LogP) is 5.00. The molecule has 8 heteroatoms. The van der Waals surface area contributed by atoms with Crippen LogP contribution in [0.5, 0.6) is 5.75 Å². The average molecular weight is 481 g/mol. The van der Waals surface area contributed by atoms with Crippen molar-refractivity contribution < 1.29 is 18.4 Å². The van der Waals surface area contributed by atoms with Gasteiger partial charge in [-0.3, -0.25) is 9.69 Å². The Morgan fingerprint density at radius 2 is 1.94 bits per heavy atom. The molecule has 1 saturated heterocycles. The molecule has 0 radical (unpaired) electrons. The first-order chi connectivity index (χ1) is 16.9. The molecule has 0 spiro atoms. The maximum Gasteiger partial charge on any atom is 0.241 e. The first kappa shape index (κ1) is 24.9. The van der Waals surface area contributed by atoms with Gasteiger partial charge in [-0.25, -0.2) is 4.39 Å². The summed E-state index contributed by atoms with van der Waals surface area (Å²) in [6.07, 6.45) is 2.64. The van der Waals surface area contributed by atoms with E-state index in [1.807, 2.05) is 24.3 Å². The van der Waals surface area contributed by atoms with Crippen molar-refractivity contribution in [3.05, 3.63) is 65.8 Å². The number of aromatic nitrogens is 2. The average Bonchev–Trinajstić information content (AvgIpc) is 3.32. The molecule has 7 nitrogen and oxygen atoms in total. The van der Waals surface area contributed by atoms with E-state index in [2.05, 4.69) is 34.2 Å². The number of nitrogens with zero attached hydrogens (tertiary/aromatic N) is 3. The third kappa shape index (κ3) is 6.66. The molecule has 0 saturated carbocycles. The van der Waals surface area contributed by atoms with Gasteiger partial charge in [0.05, 0.1) is 25.6 Å². The SMILES string of the molecule is COc1ccc(C(CC(C)C)NC(=O)C2CCCN(Cc3nc(-c4ccc(F)cc4)no3)C2)cc1. The van der Waals surface area contributed by atoms with E-state index in [4.69, 9.17) is 9.26 Å². The van der Waals surface area contributed by atoms with Gasteiger partial charge in [0.25, 0.3) is 0 Å². The van der Waals surface area contributed by atoms with Crippen LogP contribution in [-0.4, -0.2) is 41.1 Å². The summed E-state index contributed by atoms with van der Waals surface area (Å²) in [4.78, 5) is 19.9. The number of rotatable bonds is 9. The number of hydrogen-bond acceptors (Lipinski definition) is 6. The number of benzene rings is 2. The number of nitrogens with one attached hydrogen (secondary N) is 1. The first-order valence-corrected chi connectivity index (χ1v) is 12.2. The first-order valence-electron chi connectivity index (χ1n) is 12.2. The Kier molecular flexibility index (Phi) is 8.13. The molecule has 1 aliphatic heterocycles. The molecule has 186 valence electrons. The summed E-state index contributed by atoms with van der Waals surface area (Å²) in [5.41, 5.74) is 1.78. The van der Waals surface area contributed by atoms with Crippen LogP contribution in [0, 0.1) is 17.7 Å². The van der Waals surface area contributed by atoms with Crippen LogP contribution in [0.1, 0.15) is 50.6 Å². The monoisotopic (exact) mass is 480 g/mol. The van der Waals surface area contributed by atoms with Gasteiger partial charge in [-0.05, 0) is 73.7 Å². The Morgan fingerprint density at radius 3 is 2.63 bits per heavy atom. The van der Waals surface area contributed by atoms with Gasteiger partial charge in [0, 0.05) is 12.1 Å². The van der Waals surface area contributed by atoms with Crippen molar-refractivity contribution in [3.63, 3.8) is 0 Å². The fourth-order valence-electron chi connectivity index (χ4n) is 4.52. The smallest absolute Gasteiger partial charge is 0.241 e. The van der Waals surface area contributed by atoms with Crippen molar-refractivity contribution in [2.75, 3.05) is 20.2 Å². The second-order valence-electron chi connectivity index (χ2n) is 9.56. The maximum atomic E-state index is 13.3. The van der Waals surface area contributed by atoms with Crippen molar-refractivity contribution in [2.24, 2.45) is 11.8 Å². The summed E-state index contributed by atoms with van der Waals surface area (Å²) in [5.74, 6) is 1.83. The van der Waals surface area contributed by atoms with Gasteiger partial charge < -0.3 is 14.6 Å². The minimum atomic E-state index is -0.308. The number of carbonyl (C=O) groups excluding carboxylic acids is 1. The number of ether oxygens (including phenoxy) is 1. The van der Waals surface area contributed by atoms with E-state index in [0.29, 0.717) is 36.3 Å². The molecule has 1 amide bonds. The zero-order valence-electron chi connectivity index (χ0n) is 20.5. The van der Waals surface area contributed by atoms with E-state index >= 15 is 0 Å². The van der Waals surface area contributed by atoms with Crippen molar-refractivity contribution >= 4 is 5.91 Å². The molecule has 2 aromatic carbocycles. The lowest BCUT2D eigenvalue weighted by atomic mass is 9.93. The van der Waals surface area contributed by atoms with Gasteiger partial charge in [0.1, 0.15) is 11.6 Å². The van der Waals surface area contributed by atoms with Crippen molar-refractivity contribution in [1.82, 2.24) is 20.4 Å². The topological polar surface area (TPSA) is 80.5 Å². The number of amides is 1. The largest absolute Gasteiger partial charge is 0.497 e. The lowest BCUT2D eigenvalue weighted by molar-refractivity contribution is -0.127. The summed E-state index contributed by atoms with van der Waals surface area (Å²) >= 11 is 0. The van der Waals surface area contributed by atoms with Gasteiger partial charge in [-0.2, -0.15) is 4.98 Å². The summed E-state index contributed by atoms with van der Waals surface area (Å²) in [6, 6.07) is 13.9. The molecule has 0 bridgehead atoms. The number of likely N-dealkylation sites (tertiary alicyclic amines) is 1. The summed E-state index contributed by atoms with van der Waals surface area (Å²) in [5, 5.41) is 7.32. The highest BCUT2D eigenvalue weighted by Gasteiger charge is 2.29. The third-order valence-corrected chi connectivity index (χ3v) is 6.35. The molecule has 2 atom stereocenters. The number of methoxy groups -OCH3 is 1. The molecular formula is C27H33FN4O3. The van der Waals surface area contributed by atoms with E-state index in [-0.39, 0.29) is 23.7 Å². The quantitative estimate of drug-likeness (QED) is 0.464. The molecule has 35 heavy (non-hydrogen) atoms. The lowest BCUT2D eigenvalue weighted by Gasteiger charge is -2.32.